The minimum absolute atomic E-state index is 0.896. The third-order valence-corrected chi connectivity index (χ3v) is 3.50. The van der Waals surface area contributed by atoms with Crippen molar-refractivity contribution in [3.63, 3.8) is 0 Å². The lowest BCUT2D eigenvalue weighted by Crippen LogP contribution is -1.88. The molecule has 1 heterocycles. The molecule has 0 aliphatic rings. The number of rotatable bonds is 0. The number of aromatic nitrogens is 3. The zero-order valence-corrected chi connectivity index (χ0v) is 9.42. The first kappa shape index (κ1) is 8.19. The maximum Gasteiger partial charge on any atom is 0.114 e. The van der Waals surface area contributed by atoms with E-state index in [4.69, 9.17) is 0 Å². The van der Waals surface area contributed by atoms with Gasteiger partial charge in [0.15, 0.2) is 0 Å². The van der Waals surface area contributed by atoms with Gasteiger partial charge in [-0.25, -0.2) is 4.68 Å². The lowest BCUT2D eigenvalue weighted by atomic mass is 10.3. The Hall–Kier alpha value is -0.420. The average molecular weight is 291 g/mol. The summed E-state index contributed by atoms with van der Waals surface area (Å²) in [6, 6.07) is 3.92. The Kier molecular flexibility index (Phi) is 1.92. The summed E-state index contributed by atoms with van der Waals surface area (Å²) in [5.74, 6) is 0. The highest BCUT2D eigenvalue weighted by atomic mass is 79.9. The van der Waals surface area contributed by atoms with E-state index < -0.39 is 0 Å². The molecule has 0 spiro atoms. The summed E-state index contributed by atoms with van der Waals surface area (Å²) in [5.41, 5.74) is 1.91. The molecule has 0 fully saturated rings. The highest BCUT2D eigenvalue weighted by Gasteiger charge is 2.04. The van der Waals surface area contributed by atoms with Crippen molar-refractivity contribution >= 4 is 42.9 Å². The van der Waals surface area contributed by atoms with Crippen molar-refractivity contribution in [2.75, 3.05) is 0 Å². The third kappa shape index (κ3) is 1.17. The molecule has 1 aromatic carbocycles. The normalized spacial score (nSPS) is 10.9. The van der Waals surface area contributed by atoms with E-state index in [2.05, 4.69) is 42.2 Å². The second-order valence-corrected chi connectivity index (χ2v) is 4.18. The van der Waals surface area contributed by atoms with Crippen LogP contribution in [0.2, 0.25) is 0 Å². The second kappa shape index (κ2) is 2.81. The van der Waals surface area contributed by atoms with Crippen LogP contribution in [0.4, 0.5) is 0 Å². The minimum Gasteiger partial charge on any atom is -0.248 e. The molecular formula is C7H5Br2N3. The van der Waals surface area contributed by atoms with E-state index in [1.54, 1.807) is 4.68 Å². The highest BCUT2D eigenvalue weighted by Crippen LogP contribution is 2.26. The van der Waals surface area contributed by atoms with Gasteiger partial charge in [-0.05, 0) is 44.0 Å². The van der Waals surface area contributed by atoms with E-state index in [9.17, 15) is 0 Å². The van der Waals surface area contributed by atoms with Gasteiger partial charge in [-0.1, -0.05) is 5.21 Å². The zero-order valence-electron chi connectivity index (χ0n) is 6.25. The fourth-order valence-electron chi connectivity index (χ4n) is 1.03. The molecule has 0 amide bonds. The van der Waals surface area contributed by atoms with E-state index in [0.717, 1.165) is 20.0 Å². The van der Waals surface area contributed by atoms with Crippen molar-refractivity contribution in [3.05, 3.63) is 21.1 Å². The summed E-state index contributed by atoms with van der Waals surface area (Å²) in [5, 5.41) is 7.89. The molecule has 0 aliphatic heterocycles. The van der Waals surface area contributed by atoms with Crippen molar-refractivity contribution in [1.29, 1.82) is 0 Å². The number of hydrogen-bond acceptors (Lipinski definition) is 2. The first-order valence-electron chi connectivity index (χ1n) is 3.33. The van der Waals surface area contributed by atoms with Crippen LogP contribution in [0.1, 0.15) is 0 Å². The molecule has 62 valence electrons. The van der Waals surface area contributed by atoms with E-state index in [-0.39, 0.29) is 0 Å². The van der Waals surface area contributed by atoms with Gasteiger partial charge in [0.25, 0.3) is 0 Å². The van der Waals surface area contributed by atoms with Crippen molar-refractivity contribution < 1.29 is 0 Å². The largest absolute Gasteiger partial charge is 0.248 e. The number of halogens is 2. The van der Waals surface area contributed by atoms with E-state index >= 15 is 0 Å². The van der Waals surface area contributed by atoms with Crippen molar-refractivity contribution in [2.24, 2.45) is 7.05 Å². The summed E-state index contributed by atoms with van der Waals surface area (Å²) in [6.07, 6.45) is 0. The molecule has 2 aromatic rings. The van der Waals surface area contributed by atoms with Crippen molar-refractivity contribution in [2.45, 2.75) is 0 Å². The predicted octanol–water partition coefficient (Wildman–Crippen LogP) is 2.49. The smallest absolute Gasteiger partial charge is 0.114 e. The topological polar surface area (TPSA) is 30.7 Å². The highest BCUT2D eigenvalue weighted by molar-refractivity contribution is 9.13. The molecule has 0 aliphatic carbocycles. The lowest BCUT2D eigenvalue weighted by molar-refractivity contribution is 0.736. The van der Waals surface area contributed by atoms with Crippen LogP contribution in [0.5, 0.6) is 0 Å². The second-order valence-electron chi connectivity index (χ2n) is 2.47. The predicted molar refractivity (Wildman–Crippen MR) is 53.9 cm³/mol. The van der Waals surface area contributed by atoms with Gasteiger partial charge in [0.1, 0.15) is 5.52 Å². The standard InChI is InChI=1S/C7H5Br2N3/c1-12-7-3-5(9)4(8)2-6(7)10-11-12/h2-3H,1H3. The van der Waals surface area contributed by atoms with Gasteiger partial charge in [0, 0.05) is 16.0 Å². The Morgan fingerprint density at radius 2 is 1.92 bits per heavy atom. The van der Waals surface area contributed by atoms with Crippen LogP contribution < -0.4 is 0 Å². The Balaban J connectivity index is 2.87. The summed E-state index contributed by atoms with van der Waals surface area (Å²) >= 11 is 6.82. The van der Waals surface area contributed by atoms with E-state index in [1.807, 2.05) is 19.2 Å². The molecule has 0 unspecified atom stereocenters. The molecule has 0 N–H and O–H groups in total. The van der Waals surface area contributed by atoms with E-state index in [1.165, 1.54) is 0 Å². The monoisotopic (exact) mass is 289 g/mol. The van der Waals surface area contributed by atoms with Crippen LogP contribution in [0.3, 0.4) is 0 Å². The Bertz CT molecular complexity index is 435. The summed E-state index contributed by atoms with van der Waals surface area (Å²) in [7, 11) is 1.87. The lowest BCUT2D eigenvalue weighted by Gasteiger charge is -1.95. The van der Waals surface area contributed by atoms with Crippen LogP contribution in [0.25, 0.3) is 11.0 Å². The Labute approximate surface area is 86.0 Å². The molecule has 0 atom stereocenters. The molecule has 0 bridgehead atoms. The molecule has 0 radical (unpaired) electrons. The number of aryl methyl sites for hydroxylation is 1. The van der Waals surface area contributed by atoms with Crippen LogP contribution in [0, 0.1) is 0 Å². The van der Waals surface area contributed by atoms with Gasteiger partial charge in [-0.15, -0.1) is 5.10 Å². The minimum atomic E-state index is 0.896. The SMILES string of the molecule is Cn1nnc2cc(Br)c(Br)cc21. The molecule has 1 aromatic heterocycles. The third-order valence-electron chi connectivity index (χ3n) is 1.65. The van der Waals surface area contributed by atoms with E-state index in [0.29, 0.717) is 0 Å². The fourth-order valence-corrected chi connectivity index (χ4v) is 1.69. The van der Waals surface area contributed by atoms with Crippen LogP contribution in [-0.2, 0) is 7.05 Å². The van der Waals surface area contributed by atoms with Gasteiger partial charge in [0.05, 0.1) is 5.52 Å². The maximum absolute atomic E-state index is 3.98. The van der Waals surface area contributed by atoms with Crippen LogP contribution in [-0.4, -0.2) is 15.0 Å². The number of benzene rings is 1. The average Bonchev–Trinajstić information content (AvgIpc) is 2.35. The van der Waals surface area contributed by atoms with Crippen molar-refractivity contribution in [3.8, 4) is 0 Å². The number of hydrogen-bond donors (Lipinski definition) is 0. The fraction of sp³-hybridized carbons (Fsp3) is 0.143. The maximum atomic E-state index is 3.98. The van der Waals surface area contributed by atoms with Crippen LogP contribution in [0.15, 0.2) is 21.1 Å². The van der Waals surface area contributed by atoms with Gasteiger partial charge in [0.2, 0.25) is 0 Å². The Morgan fingerprint density at radius 3 is 2.67 bits per heavy atom. The Morgan fingerprint density at radius 1 is 1.25 bits per heavy atom. The quantitative estimate of drug-likeness (QED) is 0.746. The molecule has 0 saturated carbocycles. The van der Waals surface area contributed by atoms with Gasteiger partial charge in [-0.2, -0.15) is 0 Å². The molecular weight excluding hydrogens is 286 g/mol. The number of nitrogens with zero attached hydrogens (tertiary/aromatic N) is 3. The summed E-state index contributed by atoms with van der Waals surface area (Å²) < 4.78 is 3.75. The summed E-state index contributed by atoms with van der Waals surface area (Å²) in [6.45, 7) is 0. The van der Waals surface area contributed by atoms with Gasteiger partial charge in [-0.3, -0.25) is 0 Å². The molecule has 2 rings (SSSR count). The van der Waals surface area contributed by atoms with Crippen LogP contribution >= 0.6 is 31.9 Å². The molecule has 3 nitrogen and oxygen atoms in total. The summed E-state index contributed by atoms with van der Waals surface area (Å²) in [4.78, 5) is 0. The number of fused-ring (bicyclic) bond motifs is 1. The van der Waals surface area contributed by atoms with Gasteiger partial charge < -0.3 is 0 Å². The van der Waals surface area contributed by atoms with Crippen molar-refractivity contribution in [1.82, 2.24) is 15.0 Å². The molecule has 0 saturated heterocycles. The first-order valence-corrected chi connectivity index (χ1v) is 4.91. The van der Waals surface area contributed by atoms with Gasteiger partial charge >= 0.3 is 0 Å². The zero-order chi connectivity index (χ0) is 8.72. The molecule has 5 heteroatoms. The first-order chi connectivity index (χ1) is 5.68. The molecule has 12 heavy (non-hydrogen) atoms.